The van der Waals surface area contributed by atoms with Crippen LogP contribution in [0, 0.1) is 0 Å². The average molecular weight is 428 g/mol. The van der Waals surface area contributed by atoms with E-state index in [0.29, 0.717) is 6.54 Å². The van der Waals surface area contributed by atoms with Gasteiger partial charge >= 0.3 is 0 Å². The molecule has 5 rings (SSSR count). The minimum Gasteiger partial charge on any atom is -0.356 e. The maximum absolute atomic E-state index is 5.92. The largest absolute Gasteiger partial charge is 0.356 e. The summed E-state index contributed by atoms with van der Waals surface area (Å²) in [4.78, 5) is 7.31. The predicted octanol–water partition coefficient (Wildman–Crippen LogP) is 3.53. The molecule has 0 amide bonds. The van der Waals surface area contributed by atoms with Gasteiger partial charge in [0.05, 0.1) is 17.9 Å². The molecule has 3 aromatic heterocycles. The molecule has 1 aliphatic rings. The summed E-state index contributed by atoms with van der Waals surface area (Å²) in [7, 11) is 0. The monoisotopic (exact) mass is 427 g/mol. The van der Waals surface area contributed by atoms with Crippen molar-refractivity contribution in [1.82, 2.24) is 34.7 Å². The van der Waals surface area contributed by atoms with Gasteiger partial charge in [-0.3, -0.25) is 0 Å². The summed E-state index contributed by atoms with van der Waals surface area (Å²) >= 11 is 3.63. The van der Waals surface area contributed by atoms with E-state index in [0.717, 1.165) is 58.3 Å². The summed E-state index contributed by atoms with van der Waals surface area (Å²) in [5.41, 5.74) is 2.83. The maximum Gasteiger partial charge on any atom is 0.150 e. The number of nitrogens with one attached hydrogen (secondary N) is 1. The highest BCUT2D eigenvalue weighted by molar-refractivity contribution is 9.10. The molecule has 8 nitrogen and oxygen atoms in total. The SMILES string of the molecule is Brc1cc(-c2cn(Cc3ncc[nH]3)nn2)c2cnn(C3CCCCO3)c2c1. The van der Waals surface area contributed by atoms with E-state index in [1.54, 1.807) is 17.1 Å². The zero-order chi connectivity index (χ0) is 18.2. The molecule has 1 atom stereocenters. The molecule has 1 saturated heterocycles. The third kappa shape index (κ3) is 3.17. The average Bonchev–Trinajstić information content (AvgIpc) is 3.43. The summed E-state index contributed by atoms with van der Waals surface area (Å²) in [6, 6.07) is 4.13. The van der Waals surface area contributed by atoms with Crippen LogP contribution in [-0.4, -0.2) is 41.3 Å². The smallest absolute Gasteiger partial charge is 0.150 e. The molecule has 1 fully saturated rings. The molecule has 138 valence electrons. The van der Waals surface area contributed by atoms with Crippen molar-refractivity contribution in [3.8, 4) is 11.3 Å². The van der Waals surface area contributed by atoms with Crippen LogP contribution in [0.5, 0.6) is 0 Å². The van der Waals surface area contributed by atoms with Crippen LogP contribution in [0.15, 0.2) is 41.4 Å². The van der Waals surface area contributed by atoms with Gasteiger partial charge in [0.2, 0.25) is 0 Å². The Bertz CT molecular complexity index is 1060. The van der Waals surface area contributed by atoms with Crippen molar-refractivity contribution in [2.75, 3.05) is 6.61 Å². The Labute approximate surface area is 163 Å². The van der Waals surface area contributed by atoms with Crippen molar-refractivity contribution < 1.29 is 4.74 Å². The third-order valence-electron chi connectivity index (χ3n) is 4.79. The van der Waals surface area contributed by atoms with Crippen molar-refractivity contribution in [1.29, 1.82) is 0 Å². The zero-order valence-corrected chi connectivity index (χ0v) is 16.1. The van der Waals surface area contributed by atoms with Crippen LogP contribution in [-0.2, 0) is 11.3 Å². The Kier molecular flexibility index (Phi) is 4.25. The molecule has 1 aliphatic heterocycles. The number of fused-ring (bicyclic) bond motifs is 1. The number of benzene rings is 1. The molecule has 4 heterocycles. The fourth-order valence-electron chi connectivity index (χ4n) is 3.51. The van der Waals surface area contributed by atoms with E-state index in [1.165, 1.54) is 0 Å². The highest BCUT2D eigenvalue weighted by Crippen LogP contribution is 2.34. The van der Waals surface area contributed by atoms with Crippen molar-refractivity contribution in [2.24, 2.45) is 0 Å². The van der Waals surface area contributed by atoms with Crippen LogP contribution in [0.1, 0.15) is 31.3 Å². The first-order chi connectivity index (χ1) is 13.3. The standard InChI is InChI=1S/C18H18BrN7O/c19-12-7-13(15-10-25(24-23-15)11-17-20-4-5-21-17)14-9-22-26(16(14)8-12)18-3-1-2-6-27-18/h4-5,7-10,18H,1-3,6,11H2,(H,20,21). The molecule has 0 spiro atoms. The van der Waals surface area contributed by atoms with E-state index < -0.39 is 0 Å². The number of nitrogens with zero attached hydrogens (tertiary/aromatic N) is 6. The van der Waals surface area contributed by atoms with Crippen LogP contribution in [0.25, 0.3) is 22.2 Å². The Morgan fingerprint density at radius 3 is 3.07 bits per heavy atom. The van der Waals surface area contributed by atoms with Crippen LogP contribution in [0.4, 0.5) is 0 Å². The Morgan fingerprint density at radius 2 is 2.26 bits per heavy atom. The summed E-state index contributed by atoms with van der Waals surface area (Å²) < 4.78 is 10.7. The second kappa shape index (κ2) is 6.90. The highest BCUT2D eigenvalue weighted by atomic mass is 79.9. The molecular formula is C18H18BrN7O. The number of imidazole rings is 1. The van der Waals surface area contributed by atoms with Gasteiger partial charge in [-0.05, 0) is 31.4 Å². The maximum atomic E-state index is 5.92. The zero-order valence-electron chi connectivity index (χ0n) is 14.5. The summed E-state index contributed by atoms with van der Waals surface area (Å²) in [6.07, 6.45) is 10.6. The van der Waals surface area contributed by atoms with Gasteiger partial charge in [0, 0.05) is 34.4 Å². The Hall–Kier alpha value is -2.52. The first-order valence-electron chi connectivity index (χ1n) is 8.95. The van der Waals surface area contributed by atoms with Gasteiger partial charge in [-0.1, -0.05) is 21.1 Å². The fraction of sp³-hybridized carbons (Fsp3) is 0.333. The van der Waals surface area contributed by atoms with Crippen molar-refractivity contribution in [3.63, 3.8) is 0 Å². The molecular weight excluding hydrogens is 410 g/mol. The number of aromatic nitrogens is 7. The molecule has 0 saturated carbocycles. The van der Waals surface area contributed by atoms with Crippen molar-refractivity contribution >= 4 is 26.8 Å². The van der Waals surface area contributed by atoms with E-state index in [-0.39, 0.29) is 6.23 Å². The van der Waals surface area contributed by atoms with Crippen LogP contribution in [0.2, 0.25) is 0 Å². The van der Waals surface area contributed by atoms with Gasteiger partial charge in [-0.15, -0.1) is 5.10 Å². The normalized spacial score (nSPS) is 17.6. The molecule has 27 heavy (non-hydrogen) atoms. The second-order valence-electron chi connectivity index (χ2n) is 6.63. The number of hydrogen-bond donors (Lipinski definition) is 1. The lowest BCUT2D eigenvalue weighted by Crippen LogP contribution is -2.18. The molecule has 1 aromatic carbocycles. The lowest BCUT2D eigenvalue weighted by molar-refractivity contribution is -0.0366. The Morgan fingerprint density at radius 1 is 1.30 bits per heavy atom. The number of halogens is 1. The quantitative estimate of drug-likeness (QED) is 0.538. The molecule has 1 unspecified atom stereocenters. The van der Waals surface area contributed by atoms with Gasteiger partial charge in [-0.2, -0.15) is 5.10 Å². The summed E-state index contributed by atoms with van der Waals surface area (Å²) in [6.45, 7) is 1.33. The molecule has 0 bridgehead atoms. The van der Waals surface area contributed by atoms with E-state index >= 15 is 0 Å². The lowest BCUT2D eigenvalue weighted by Gasteiger charge is -2.23. The van der Waals surface area contributed by atoms with Crippen LogP contribution >= 0.6 is 15.9 Å². The van der Waals surface area contributed by atoms with Crippen molar-refractivity contribution in [2.45, 2.75) is 32.0 Å². The molecule has 4 aromatic rings. The van der Waals surface area contributed by atoms with Gasteiger partial charge in [0.15, 0.2) is 6.23 Å². The lowest BCUT2D eigenvalue weighted by atomic mass is 10.1. The number of hydrogen-bond acceptors (Lipinski definition) is 5. The topological polar surface area (TPSA) is 86.4 Å². The van der Waals surface area contributed by atoms with Crippen LogP contribution < -0.4 is 0 Å². The van der Waals surface area contributed by atoms with Crippen molar-refractivity contribution in [3.05, 3.63) is 47.2 Å². The van der Waals surface area contributed by atoms with E-state index in [9.17, 15) is 0 Å². The third-order valence-corrected chi connectivity index (χ3v) is 5.25. The predicted molar refractivity (Wildman–Crippen MR) is 103 cm³/mol. The van der Waals surface area contributed by atoms with Gasteiger partial charge < -0.3 is 9.72 Å². The molecule has 0 aliphatic carbocycles. The first-order valence-corrected chi connectivity index (χ1v) is 9.74. The molecule has 0 radical (unpaired) electrons. The highest BCUT2D eigenvalue weighted by Gasteiger charge is 2.21. The van der Waals surface area contributed by atoms with E-state index in [2.05, 4.69) is 53.4 Å². The Balaban J connectivity index is 1.53. The van der Waals surface area contributed by atoms with Gasteiger partial charge in [0.25, 0.3) is 0 Å². The molecule has 1 N–H and O–H groups in total. The number of ether oxygens (including phenoxy) is 1. The summed E-state index contributed by atoms with van der Waals surface area (Å²) in [5, 5.41) is 14.3. The van der Waals surface area contributed by atoms with Gasteiger partial charge in [-0.25, -0.2) is 14.3 Å². The van der Waals surface area contributed by atoms with Crippen LogP contribution in [0.3, 0.4) is 0 Å². The number of aromatic amines is 1. The number of H-pyrrole nitrogens is 1. The van der Waals surface area contributed by atoms with E-state index in [1.807, 2.05) is 17.1 Å². The molecule has 9 heteroatoms. The minimum absolute atomic E-state index is 0.00645. The minimum atomic E-state index is -0.00645. The fourth-order valence-corrected chi connectivity index (χ4v) is 3.95. The first kappa shape index (κ1) is 16.6. The number of rotatable bonds is 4. The summed E-state index contributed by atoms with van der Waals surface area (Å²) in [5.74, 6) is 0.841. The second-order valence-corrected chi connectivity index (χ2v) is 7.55. The van der Waals surface area contributed by atoms with E-state index in [4.69, 9.17) is 4.74 Å². The van der Waals surface area contributed by atoms with Gasteiger partial charge in [0.1, 0.15) is 18.1 Å².